The molecular formula is C41H76N8O7. The van der Waals surface area contributed by atoms with E-state index in [2.05, 4.69) is 42.1 Å². The Bertz CT molecular complexity index is 1370. The Labute approximate surface area is 336 Å². The van der Waals surface area contributed by atoms with Crippen LogP contribution < -0.4 is 37.2 Å². The number of amides is 7. The van der Waals surface area contributed by atoms with Crippen LogP contribution in [0.5, 0.6) is 0 Å². The molecule has 1 fully saturated rings. The molecule has 15 nitrogen and oxygen atoms in total. The molecule has 0 aliphatic heterocycles. The zero-order valence-electron chi connectivity index (χ0n) is 37.0. The van der Waals surface area contributed by atoms with Gasteiger partial charge in [-0.25, -0.2) is 0 Å². The minimum atomic E-state index is -1.43. The van der Waals surface area contributed by atoms with Crippen molar-refractivity contribution >= 4 is 41.4 Å². The summed E-state index contributed by atoms with van der Waals surface area (Å²) in [7, 11) is 3.95. The Balaban J connectivity index is 2.88. The first-order valence-corrected chi connectivity index (χ1v) is 20.4. The van der Waals surface area contributed by atoms with Gasteiger partial charge in [-0.3, -0.25) is 33.6 Å². The smallest absolute Gasteiger partial charge is 0.245 e. The van der Waals surface area contributed by atoms with E-state index >= 15 is 0 Å². The molecule has 0 aromatic carbocycles. The van der Waals surface area contributed by atoms with Crippen LogP contribution in [0.4, 0.5) is 0 Å². The van der Waals surface area contributed by atoms with E-state index in [1.807, 2.05) is 55.6 Å². The van der Waals surface area contributed by atoms with Crippen LogP contribution in [-0.2, 0) is 33.6 Å². The van der Waals surface area contributed by atoms with Gasteiger partial charge in [-0.1, -0.05) is 41.5 Å². The first-order chi connectivity index (χ1) is 25.6. The van der Waals surface area contributed by atoms with E-state index in [0.717, 1.165) is 25.8 Å². The highest BCUT2D eigenvalue weighted by Gasteiger charge is 2.40. The van der Waals surface area contributed by atoms with Gasteiger partial charge < -0.3 is 42.1 Å². The predicted octanol–water partition coefficient (Wildman–Crippen LogP) is 2.67. The van der Waals surface area contributed by atoms with Gasteiger partial charge in [0, 0.05) is 37.9 Å². The maximum atomic E-state index is 13.7. The van der Waals surface area contributed by atoms with Crippen molar-refractivity contribution in [3.8, 4) is 0 Å². The van der Waals surface area contributed by atoms with Crippen molar-refractivity contribution in [2.45, 2.75) is 175 Å². The highest BCUT2D eigenvalue weighted by atomic mass is 16.2. The quantitative estimate of drug-likeness (QED) is 0.0772. The molecule has 1 rings (SSSR count). The SMILES string of the molecule is CC(C)CCC(=O)NC(C)(C)C(=O)N[C@@H](CC(C)C)C(=O)N[C@@H](CC(C)C)C(=O)NC(C)(C)C(=O)NC(C)(C)CC(=O)NCCC(=O)NC1(CN(C)C)CCC1. The topological polar surface area (TPSA) is 207 Å². The number of hydrogen-bond acceptors (Lipinski definition) is 8. The molecule has 7 amide bonds. The third-order valence-electron chi connectivity index (χ3n) is 9.70. The van der Waals surface area contributed by atoms with Crippen molar-refractivity contribution in [1.29, 1.82) is 0 Å². The molecule has 0 aromatic rings. The van der Waals surface area contributed by atoms with Crippen LogP contribution in [0.2, 0.25) is 0 Å². The number of hydrogen-bond donors (Lipinski definition) is 7. The van der Waals surface area contributed by atoms with Crippen LogP contribution in [0.3, 0.4) is 0 Å². The normalized spacial score (nSPS) is 15.4. The number of likely N-dealkylation sites (N-methyl/N-ethyl adjacent to an activating group) is 1. The van der Waals surface area contributed by atoms with E-state index in [-0.39, 0.29) is 73.7 Å². The predicted molar refractivity (Wildman–Crippen MR) is 219 cm³/mol. The summed E-state index contributed by atoms with van der Waals surface area (Å²) in [6.07, 6.45) is 4.50. The fraction of sp³-hybridized carbons (Fsp3) is 0.829. The summed E-state index contributed by atoms with van der Waals surface area (Å²) in [6.45, 7) is 22.2. The van der Waals surface area contributed by atoms with Gasteiger partial charge in [-0.2, -0.15) is 0 Å². The Morgan fingerprint density at radius 1 is 0.625 bits per heavy atom. The first kappa shape index (κ1) is 50.3. The lowest BCUT2D eigenvalue weighted by atomic mass is 9.76. The van der Waals surface area contributed by atoms with Gasteiger partial charge in [0.05, 0.1) is 5.54 Å². The molecule has 1 aliphatic carbocycles. The molecule has 1 aliphatic rings. The maximum absolute atomic E-state index is 13.7. The largest absolute Gasteiger partial charge is 0.356 e. The highest BCUT2D eigenvalue weighted by Crippen LogP contribution is 2.32. The molecule has 2 atom stereocenters. The van der Waals surface area contributed by atoms with E-state index in [9.17, 15) is 33.6 Å². The van der Waals surface area contributed by atoms with Crippen LogP contribution in [0.25, 0.3) is 0 Å². The number of nitrogens with zero attached hydrogens (tertiary/aromatic N) is 1. The zero-order chi connectivity index (χ0) is 43.2. The average Bonchev–Trinajstić information content (AvgIpc) is 3.00. The van der Waals surface area contributed by atoms with E-state index in [1.165, 1.54) is 13.8 Å². The van der Waals surface area contributed by atoms with E-state index < -0.39 is 52.3 Å². The van der Waals surface area contributed by atoms with E-state index in [1.54, 1.807) is 27.7 Å². The van der Waals surface area contributed by atoms with Gasteiger partial charge in [0.2, 0.25) is 41.4 Å². The lowest BCUT2D eigenvalue weighted by Crippen LogP contribution is -2.63. The summed E-state index contributed by atoms with van der Waals surface area (Å²) in [4.78, 5) is 94.4. The molecule has 0 aromatic heterocycles. The number of carbonyl (C=O) groups is 7. The number of rotatable bonds is 24. The Morgan fingerprint density at radius 2 is 1.16 bits per heavy atom. The zero-order valence-corrected chi connectivity index (χ0v) is 37.0. The molecule has 0 heterocycles. The van der Waals surface area contributed by atoms with Crippen LogP contribution in [0, 0.1) is 17.8 Å². The molecule has 7 N–H and O–H groups in total. The minimum absolute atomic E-state index is 0.0114. The molecule has 0 unspecified atom stereocenters. The maximum Gasteiger partial charge on any atom is 0.245 e. The molecule has 15 heteroatoms. The van der Waals surface area contributed by atoms with Gasteiger partial charge in [0.25, 0.3) is 0 Å². The number of nitrogens with one attached hydrogen (secondary N) is 7. The molecule has 0 radical (unpaired) electrons. The molecule has 0 spiro atoms. The van der Waals surface area contributed by atoms with Gasteiger partial charge in [0.15, 0.2) is 0 Å². The fourth-order valence-electron chi connectivity index (χ4n) is 6.53. The van der Waals surface area contributed by atoms with Gasteiger partial charge in [-0.05, 0) is 112 Å². The van der Waals surface area contributed by atoms with Gasteiger partial charge >= 0.3 is 0 Å². The summed E-state index contributed by atoms with van der Waals surface area (Å²) >= 11 is 0. The molecule has 322 valence electrons. The molecular weight excluding hydrogens is 716 g/mol. The van der Waals surface area contributed by atoms with Crippen molar-refractivity contribution in [3.63, 3.8) is 0 Å². The Kier molecular flexibility index (Phi) is 19.5. The second-order valence-electron chi connectivity index (χ2n) is 19.1. The van der Waals surface area contributed by atoms with Crippen molar-refractivity contribution in [3.05, 3.63) is 0 Å². The fourth-order valence-corrected chi connectivity index (χ4v) is 6.53. The van der Waals surface area contributed by atoms with Crippen molar-refractivity contribution in [1.82, 2.24) is 42.1 Å². The summed E-state index contributed by atoms with van der Waals surface area (Å²) in [6, 6.07) is -2.01. The summed E-state index contributed by atoms with van der Waals surface area (Å²) in [5.41, 5.74) is -3.93. The molecule has 56 heavy (non-hydrogen) atoms. The van der Waals surface area contributed by atoms with Crippen molar-refractivity contribution in [2.75, 3.05) is 27.2 Å². The Morgan fingerprint density at radius 3 is 1.64 bits per heavy atom. The van der Waals surface area contributed by atoms with Gasteiger partial charge in [0.1, 0.15) is 23.2 Å². The summed E-state index contributed by atoms with van der Waals surface area (Å²) in [5.74, 6) is -2.59. The second-order valence-corrected chi connectivity index (χ2v) is 19.1. The molecule has 0 saturated heterocycles. The van der Waals surface area contributed by atoms with Gasteiger partial charge in [-0.15, -0.1) is 0 Å². The van der Waals surface area contributed by atoms with Crippen molar-refractivity contribution in [2.24, 2.45) is 17.8 Å². The summed E-state index contributed by atoms with van der Waals surface area (Å²) < 4.78 is 0. The average molecular weight is 793 g/mol. The summed E-state index contributed by atoms with van der Waals surface area (Å²) in [5, 5.41) is 19.9. The van der Waals surface area contributed by atoms with E-state index in [0.29, 0.717) is 12.3 Å². The molecule has 0 bridgehead atoms. The minimum Gasteiger partial charge on any atom is -0.356 e. The lowest BCUT2D eigenvalue weighted by Gasteiger charge is -2.44. The lowest BCUT2D eigenvalue weighted by molar-refractivity contribution is -0.137. The number of carbonyl (C=O) groups excluding carboxylic acids is 7. The van der Waals surface area contributed by atoms with Crippen LogP contribution in [0.1, 0.15) is 141 Å². The monoisotopic (exact) mass is 793 g/mol. The highest BCUT2D eigenvalue weighted by molar-refractivity contribution is 5.97. The van der Waals surface area contributed by atoms with E-state index in [4.69, 9.17) is 0 Å². The molecule has 1 saturated carbocycles. The van der Waals surface area contributed by atoms with Crippen LogP contribution >= 0.6 is 0 Å². The van der Waals surface area contributed by atoms with Crippen molar-refractivity contribution < 1.29 is 33.6 Å². The van der Waals surface area contributed by atoms with Crippen LogP contribution in [0.15, 0.2) is 0 Å². The Hall–Kier alpha value is -3.75. The third kappa shape index (κ3) is 18.5. The second kappa shape index (κ2) is 21.7. The standard InChI is InChI=1S/C41H76N8O7/c1-26(2)16-17-31(50)45-39(9,10)36(55)44-29(22-27(3)4)34(53)43-30(23-28(5)6)35(54)47-40(11,12)37(56)48-38(7,8)24-33(52)42-21-18-32(51)46-41(19-15-20-41)25-49(13)14/h26-30H,15-25H2,1-14H3,(H,42,52)(H,43,53)(H,44,55)(H,45,50)(H,46,51)(H,47,54)(H,48,56)/t29-,30-/m0/s1. The first-order valence-electron chi connectivity index (χ1n) is 20.4. The third-order valence-corrected chi connectivity index (χ3v) is 9.70. The van der Waals surface area contributed by atoms with Crippen LogP contribution in [-0.4, -0.2) is 108 Å².